The van der Waals surface area contributed by atoms with Crippen molar-refractivity contribution < 1.29 is 37.7 Å². The second-order valence-electron chi connectivity index (χ2n) is 6.71. The quantitative estimate of drug-likeness (QED) is 0.552. The zero-order valence-corrected chi connectivity index (χ0v) is 15.7. The maximum absolute atomic E-state index is 13.9. The van der Waals surface area contributed by atoms with Gasteiger partial charge >= 0.3 is 12.2 Å². The molecule has 0 saturated carbocycles. The van der Waals surface area contributed by atoms with Gasteiger partial charge in [0.25, 0.3) is 0 Å². The Morgan fingerprint density at radius 2 is 1.87 bits per heavy atom. The van der Waals surface area contributed by atoms with Crippen molar-refractivity contribution in [2.45, 2.75) is 24.9 Å². The largest absolute Gasteiger partial charge is 0.504 e. The molecule has 7 nitrogen and oxygen atoms in total. The Hall–Kier alpha value is -3.27. The van der Waals surface area contributed by atoms with E-state index < -0.39 is 35.7 Å². The van der Waals surface area contributed by atoms with Crippen LogP contribution < -0.4 is 15.4 Å². The topological polar surface area (TPSA) is 108 Å². The Balaban J connectivity index is 2.17. The van der Waals surface area contributed by atoms with E-state index in [9.17, 15) is 33.0 Å². The second kappa shape index (κ2) is 7.86. The lowest BCUT2D eigenvalue weighted by Crippen LogP contribution is -2.72. The first kappa shape index (κ1) is 21.4. The minimum Gasteiger partial charge on any atom is -0.504 e. The molecule has 1 aliphatic heterocycles. The predicted molar refractivity (Wildman–Crippen MR) is 99.0 cm³/mol. The maximum atomic E-state index is 13.9. The third-order valence-electron chi connectivity index (χ3n) is 4.79. The first-order valence-corrected chi connectivity index (χ1v) is 9.01. The number of Topliss-reactive ketones (excluding diaryl/α,β-unsaturated/α-hetero) is 1. The number of aromatic hydroxyl groups is 1. The standard InChI is InChI=1S/C20H19F3N2O5/c1-2-30-14-10-12(8-9-13(14)26)16-15(17(27)11-6-4-3-5-7-11)19(29,20(21,22)23)25-18(28)24-16/h3-10,15-16,26,29H,2H2,1H3,(H2,24,25,28)/t15-,16+,19+/m1/s1. The maximum Gasteiger partial charge on any atom is 0.437 e. The highest BCUT2D eigenvalue weighted by Crippen LogP contribution is 2.45. The van der Waals surface area contributed by atoms with E-state index in [2.05, 4.69) is 5.32 Å². The van der Waals surface area contributed by atoms with Crippen molar-refractivity contribution in [3.8, 4) is 11.5 Å². The molecule has 10 heteroatoms. The zero-order chi connectivity index (χ0) is 22.1. The van der Waals surface area contributed by atoms with Gasteiger partial charge in [0.1, 0.15) is 5.92 Å². The Morgan fingerprint density at radius 1 is 1.20 bits per heavy atom. The van der Waals surface area contributed by atoms with E-state index in [4.69, 9.17) is 4.74 Å². The average molecular weight is 424 g/mol. The molecule has 1 saturated heterocycles. The first-order valence-electron chi connectivity index (χ1n) is 9.01. The van der Waals surface area contributed by atoms with Crippen LogP contribution in [-0.4, -0.2) is 40.5 Å². The number of urea groups is 1. The number of ether oxygens (including phenoxy) is 1. The number of aliphatic hydroxyl groups is 1. The number of rotatable bonds is 5. The van der Waals surface area contributed by atoms with E-state index >= 15 is 0 Å². The van der Waals surface area contributed by atoms with Crippen LogP contribution in [0.15, 0.2) is 48.5 Å². The molecule has 4 N–H and O–H groups in total. The highest BCUT2D eigenvalue weighted by Gasteiger charge is 2.66. The number of alkyl halides is 3. The van der Waals surface area contributed by atoms with Crippen molar-refractivity contribution in [1.29, 1.82) is 0 Å². The molecule has 30 heavy (non-hydrogen) atoms. The number of nitrogens with one attached hydrogen (secondary N) is 2. The Labute approximate surface area is 169 Å². The summed E-state index contributed by atoms with van der Waals surface area (Å²) in [6, 6.07) is 7.93. The number of ketones is 1. The van der Waals surface area contributed by atoms with Gasteiger partial charge in [-0.2, -0.15) is 13.2 Å². The number of carbonyl (C=O) groups excluding carboxylic acids is 2. The van der Waals surface area contributed by atoms with Gasteiger partial charge in [0.2, 0.25) is 5.72 Å². The lowest BCUT2D eigenvalue weighted by atomic mass is 9.77. The molecule has 1 fully saturated rings. The molecular formula is C20H19F3N2O5. The molecule has 0 bridgehead atoms. The van der Waals surface area contributed by atoms with Crippen molar-refractivity contribution in [3.63, 3.8) is 0 Å². The molecular weight excluding hydrogens is 405 g/mol. The lowest BCUT2D eigenvalue weighted by Gasteiger charge is -2.45. The van der Waals surface area contributed by atoms with E-state index in [0.29, 0.717) is 0 Å². The fourth-order valence-electron chi connectivity index (χ4n) is 3.39. The van der Waals surface area contributed by atoms with Crippen LogP contribution in [0.25, 0.3) is 0 Å². The summed E-state index contributed by atoms with van der Waals surface area (Å²) in [5.41, 5.74) is -3.85. The van der Waals surface area contributed by atoms with Gasteiger partial charge in [-0.05, 0) is 24.6 Å². The van der Waals surface area contributed by atoms with Crippen molar-refractivity contribution in [3.05, 3.63) is 59.7 Å². The molecule has 2 amide bonds. The Bertz CT molecular complexity index is 951. The first-order chi connectivity index (χ1) is 14.1. The number of hydrogen-bond donors (Lipinski definition) is 4. The number of halogens is 3. The Morgan fingerprint density at radius 3 is 2.47 bits per heavy atom. The van der Waals surface area contributed by atoms with Gasteiger partial charge in [-0.15, -0.1) is 0 Å². The summed E-state index contributed by atoms with van der Waals surface area (Å²) in [6.07, 6.45) is -5.35. The molecule has 1 heterocycles. The highest BCUT2D eigenvalue weighted by atomic mass is 19.4. The number of phenols is 1. The fraction of sp³-hybridized carbons (Fsp3) is 0.300. The van der Waals surface area contributed by atoms with E-state index in [1.807, 2.05) is 0 Å². The highest BCUT2D eigenvalue weighted by molar-refractivity contribution is 6.00. The lowest BCUT2D eigenvalue weighted by molar-refractivity contribution is -0.287. The minimum absolute atomic E-state index is 0.0377. The van der Waals surface area contributed by atoms with Crippen LogP contribution in [0.3, 0.4) is 0 Å². The number of amides is 2. The van der Waals surface area contributed by atoms with Crippen LogP contribution in [0, 0.1) is 5.92 Å². The molecule has 2 aromatic rings. The third-order valence-corrected chi connectivity index (χ3v) is 4.79. The molecule has 0 spiro atoms. The van der Waals surface area contributed by atoms with Crippen LogP contribution in [0.1, 0.15) is 28.9 Å². The molecule has 3 atom stereocenters. The summed E-state index contributed by atoms with van der Waals surface area (Å²) in [5, 5.41) is 24.2. The summed E-state index contributed by atoms with van der Waals surface area (Å²) in [7, 11) is 0. The van der Waals surface area contributed by atoms with Gasteiger partial charge in [0.05, 0.1) is 12.6 Å². The van der Waals surface area contributed by atoms with Gasteiger partial charge in [-0.3, -0.25) is 4.79 Å². The van der Waals surface area contributed by atoms with Crippen molar-refractivity contribution >= 4 is 11.8 Å². The second-order valence-corrected chi connectivity index (χ2v) is 6.71. The zero-order valence-electron chi connectivity index (χ0n) is 15.7. The smallest absolute Gasteiger partial charge is 0.437 e. The van der Waals surface area contributed by atoms with Crippen LogP contribution in [-0.2, 0) is 0 Å². The van der Waals surface area contributed by atoms with Crippen molar-refractivity contribution in [1.82, 2.24) is 10.6 Å². The monoisotopic (exact) mass is 424 g/mol. The van der Waals surface area contributed by atoms with Crippen molar-refractivity contribution in [2.24, 2.45) is 5.92 Å². The fourth-order valence-corrected chi connectivity index (χ4v) is 3.39. The molecule has 1 aliphatic rings. The number of hydrogen-bond acceptors (Lipinski definition) is 5. The van der Waals surface area contributed by atoms with E-state index in [-0.39, 0.29) is 29.2 Å². The SMILES string of the molecule is CCOc1cc([C@@H]2NC(=O)N[C@@](O)(C(F)(F)F)[C@H]2C(=O)c2ccccc2)ccc1O. The predicted octanol–water partition coefficient (Wildman–Crippen LogP) is 2.89. The molecule has 2 aromatic carbocycles. The average Bonchev–Trinajstić information content (AvgIpc) is 2.68. The van der Waals surface area contributed by atoms with Gasteiger partial charge in [-0.25, -0.2) is 4.79 Å². The summed E-state index contributed by atoms with van der Waals surface area (Å²) < 4.78 is 46.9. The van der Waals surface area contributed by atoms with E-state index in [0.717, 1.165) is 0 Å². The third kappa shape index (κ3) is 3.78. The van der Waals surface area contributed by atoms with Gasteiger partial charge in [-0.1, -0.05) is 36.4 Å². The summed E-state index contributed by atoms with van der Waals surface area (Å²) >= 11 is 0. The van der Waals surface area contributed by atoms with Crippen LogP contribution >= 0.6 is 0 Å². The van der Waals surface area contributed by atoms with Crippen molar-refractivity contribution in [2.75, 3.05) is 6.61 Å². The Kier molecular flexibility index (Phi) is 5.62. The number of carbonyl (C=O) groups is 2. The molecule has 0 aliphatic carbocycles. The van der Waals surface area contributed by atoms with Crippen LogP contribution in [0.4, 0.5) is 18.0 Å². The van der Waals surface area contributed by atoms with Gasteiger partial charge < -0.3 is 25.6 Å². The van der Waals surface area contributed by atoms with Crippen LogP contribution in [0.5, 0.6) is 11.5 Å². The summed E-state index contributed by atoms with van der Waals surface area (Å²) in [6.45, 7) is 1.80. The molecule has 0 unspecified atom stereocenters. The van der Waals surface area contributed by atoms with Crippen LogP contribution in [0.2, 0.25) is 0 Å². The summed E-state index contributed by atoms with van der Waals surface area (Å²) in [4.78, 5) is 25.1. The summed E-state index contributed by atoms with van der Waals surface area (Å²) in [5.74, 6) is -3.49. The van der Waals surface area contributed by atoms with Gasteiger partial charge in [0.15, 0.2) is 17.3 Å². The molecule has 160 valence electrons. The molecule has 0 aromatic heterocycles. The van der Waals surface area contributed by atoms with E-state index in [1.54, 1.807) is 13.0 Å². The number of phenolic OH excluding ortho intramolecular Hbond substituents is 1. The molecule has 0 radical (unpaired) electrons. The van der Waals surface area contributed by atoms with E-state index in [1.165, 1.54) is 47.8 Å². The minimum atomic E-state index is -5.35. The van der Waals surface area contributed by atoms with Gasteiger partial charge in [0, 0.05) is 5.56 Å². The number of benzene rings is 2. The molecule has 3 rings (SSSR count). The normalized spacial score (nSPS) is 24.0.